The average molecular weight is 308 g/mol. The summed E-state index contributed by atoms with van der Waals surface area (Å²) in [6.07, 6.45) is 1.09. The van der Waals surface area contributed by atoms with Crippen LogP contribution >= 0.6 is 0 Å². The lowest BCUT2D eigenvalue weighted by atomic mass is 10.1. The number of nitrogens with one attached hydrogen (secondary N) is 1. The maximum Gasteiger partial charge on any atom is 0.227 e. The third kappa shape index (κ3) is 3.77. The molecule has 118 valence electrons. The van der Waals surface area contributed by atoms with Crippen LogP contribution in [0.15, 0.2) is 60.7 Å². The van der Waals surface area contributed by atoms with Crippen LogP contribution in [0.3, 0.4) is 0 Å². The van der Waals surface area contributed by atoms with Crippen molar-refractivity contribution in [1.29, 1.82) is 0 Å². The highest BCUT2D eigenvalue weighted by Crippen LogP contribution is 2.24. The molecule has 2 aromatic carbocycles. The summed E-state index contributed by atoms with van der Waals surface area (Å²) in [5.74, 6) is -0.286. The van der Waals surface area contributed by atoms with Gasteiger partial charge in [0.2, 0.25) is 11.8 Å². The fraction of sp³-hybridized carbons (Fsp3) is 0.263. The lowest BCUT2D eigenvalue weighted by molar-refractivity contribution is -0.126. The molecule has 3 rings (SSSR count). The van der Waals surface area contributed by atoms with E-state index < -0.39 is 0 Å². The number of anilines is 1. The Balaban J connectivity index is 1.52. The minimum Gasteiger partial charge on any atom is -0.355 e. The van der Waals surface area contributed by atoms with Crippen LogP contribution in [0, 0.1) is 5.92 Å². The van der Waals surface area contributed by atoms with Crippen LogP contribution in [0.4, 0.5) is 5.69 Å². The van der Waals surface area contributed by atoms with Crippen molar-refractivity contribution in [3.8, 4) is 0 Å². The van der Waals surface area contributed by atoms with Gasteiger partial charge in [-0.25, -0.2) is 0 Å². The quantitative estimate of drug-likeness (QED) is 0.922. The monoisotopic (exact) mass is 308 g/mol. The Bertz CT molecular complexity index is 670. The molecule has 1 saturated heterocycles. The van der Waals surface area contributed by atoms with Crippen molar-refractivity contribution < 1.29 is 9.59 Å². The zero-order valence-electron chi connectivity index (χ0n) is 12.9. The molecular weight excluding hydrogens is 288 g/mol. The van der Waals surface area contributed by atoms with Crippen LogP contribution in [-0.4, -0.2) is 24.9 Å². The van der Waals surface area contributed by atoms with Crippen molar-refractivity contribution in [2.75, 3.05) is 18.0 Å². The molecule has 1 fully saturated rings. The van der Waals surface area contributed by atoms with Crippen LogP contribution in [0.1, 0.15) is 12.0 Å². The van der Waals surface area contributed by atoms with E-state index in [1.54, 1.807) is 4.90 Å². The van der Waals surface area contributed by atoms with Crippen molar-refractivity contribution in [3.05, 3.63) is 66.2 Å². The van der Waals surface area contributed by atoms with Gasteiger partial charge < -0.3 is 10.2 Å². The molecule has 0 radical (unpaired) electrons. The molecule has 1 N–H and O–H groups in total. The van der Waals surface area contributed by atoms with Crippen LogP contribution < -0.4 is 10.2 Å². The molecule has 4 heteroatoms. The van der Waals surface area contributed by atoms with Gasteiger partial charge in [0, 0.05) is 25.2 Å². The lowest BCUT2D eigenvalue weighted by Gasteiger charge is -2.16. The van der Waals surface area contributed by atoms with Crippen molar-refractivity contribution in [2.45, 2.75) is 12.8 Å². The fourth-order valence-corrected chi connectivity index (χ4v) is 2.86. The first-order valence-corrected chi connectivity index (χ1v) is 7.91. The number of hydrogen-bond acceptors (Lipinski definition) is 2. The summed E-state index contributed by atoms with van der Waals surface area (Å²) in [7, 11) is 0. The van der Waals surface area contributed by atoms with Gasteiger partial charge in [0.05, 0.1) is 5.92 Å². The third-order valence-corrected chi connectivity index (χ3v) is 4.12. The van der Waals surface area contributed by atoms with E-state index in [0.29, 0.717) is 13.1 Å². The molecule has 1 aliphatic rings. The van der Waals surface area contributed by atoms with Crippen molar-refractivity contribution in [3.63, 3.8) is 0 Å². The third-order valence-electron chi connectivity index (χ3n) is 4.12. The molecule has 0 spiro atoms. The Hall–Kier alpha value is -2.62. The predicted octanol–water partition coefficient (Wildman–Crippen LogP) is 2.40. The first-order valence-electron chi connectivity index (χ1n) is 7.91. The van der Waals surface area contributed by atoms with Gasteiger partial charge in [-0.2, -0.15) is 0 Å². The topological polar surface area (TPSA) is 49.4 Å². The van der Waals surface area contributed by atoms with E-state index in [1.807, 2.05) is 60.7 Å². The lowest BCUT2D eigenvalue weighted by Crippen LogP contribution is -2.34. The normalized spacial score (nSPS) is 17.3. The van der Waals surface area contributed by atoms with E-state index in [9.17, 15) is 9.59 Å². The summed E-state index contributed by atoms with van der Waals surface area (Å²) in [6, 6.07) is 19.6. The molecule has 0 aromatic heterocycles. The van der Waals surface area contributed by atoms with E-state index in [4.69, 9.17) is 0 Å². The summed E-state index contributed by atoms with van der Waals surface area (Å²) in [5, 5.41) is 2.95. The molecule has 0 saturated carbocycles. The highest BCUT2D eigenvalue weighted by Gasteiger charge is 2.34. The first kappa shape index (κ1) is 15.3. The smallest absolute Gasteiger partial charge is 0.227 e. The molecule has 1 unspecified atom stereocenters. The fourth-order valence-electron chi connectivity index (χ4n) is 2.86. The molecule has 0 bridgehead atoms. The second kappa shape index (κ2) is 7.09. The van der Waals surface area contributed by atoms with Crippen molar-refractivity contribution in [1.82, 2.24) is 5.32 Å². The Morgan fingerprint density at radius 3 is 2.39 bits per heavy atom. The van der Waals surface area contributed by atoms with E-state index >= 15 is 0 Å². The van der Waals surface area contributed by atoms with Crippen LogP contribution in [0.2, 0.25) is 0 Å². The molecule has 0 aliphatic carbocycles. The van der Waals surface area contributed by atoms with Gasteiger partial charge in [-0.3, -0.25) is 9.59 Å². The zero-order valence-corrected chi connectivity index (χ0v) is 12.9. The Labute approximate surface area is 136 Å². The van der Waals surface area contributed by atoms with E-state index in [2.05, 4.69) is 5.32 Å². The molecular formula is C19H20N2O2. The number of carbonyl (C=O) groups is 2. The van der Waals surface area contributed by atoms with Gasteiger partial charge in [-0.15, -0.1) is 0 Å². The Morgan fingerprint density at radius 1 is 1.04 bits per heavy atom. The van der Waals surface area contributed by atoms with Crippen LogP contribution in [0.25, 0.3) is 0 Å². The number of nitrogens with zero attached hydrogens (tertiary/aromatic N) is 1. The molecule has 1 atom stereocenters. The number of rotatable bonds is 5. The van der Waals surface area contributed by atoms with Crippen molar-refractivity contribution in [2.24, 2.45) is 5.92 Å². The number of amides is 2. The van der Waals surface area contributed by atoms with E-state index in [1.165, 1.54) is 5.56 Å². The molecule has 23 heavy (non-hydrogen) atoms. The summed E-state index contributed by atoms with van der Waals surface area (Å²) < 4.78 is 0. The van der Waals surface area contributed by atoms with E-state index in [-0.39, 0.29) is 24.2 Å². The Kier molecular flexibility index (Phi) is 4.71. The SMILES string of the molecule is O=C(NCCc1ccccc1)C1CC(=O)N(c2ccccc2)C1. The summed E-state index contributed by atoms with van der Waals surface area (Å²) in [4.78, 5) is 26.1. The van der Waals surface area contributed by atoms with E-state index in [0.717, 1.165) is 12.1 Å². The molecule has 2 aromatic rings. The average Bonchev–Trinajstić information content (AvgIpc) is 2.98. The second-order valence-corrected chi connectivity index (χ2v) is 5.77. The molecule has 2 amide bonds. The maximum absolute atomic E-state index is 12.3. The number of hydrogen-bond donors (Lipinski definition) is 1. The highest BCUT2D eigenvalue weighted by molar-refractivity contribution is 6.00. The summed E-state index contributed by atoms with van der Waals surface area (Å²) in [6.45, 7) is 1.05. The van der Waals surface area contributed by atoms with Gasteiger partial charge in [0.15, 0.2) is 0 Å². The highest BCUT2D eigenvalue weighted by atomic mass is 16.2. The molecule has 1 aliphatic heterocycles. The molecule has 1 heterocycles. The van der Waals surface area contributed by atoms with Crippen molar-refractivity contribution >= 4 is 17.5 Å². The largest absolute Gasteiger partial charge is 0.355 e. The van der Waals surface area contributed by atoms with Gasteiger partial charge >= 0.3 is 0 Å². The van der Waals surface area contributed by atoms with Gasteiger partial charge in [0.1, 0.15) is 0 Å². The molecule has 4 nitrogen and oxygen atoms in total. The first-order chi connectivity index (χ1) is 11.2. The zero-order chi connectivity index (χ0) is 16.1. The second-order valence-electron chi connectivity index (χ2n) is 5.77. The standard InChI is InChI=1S/C19H20N2O2/c22-18-13-16(14-21(18)17-9-5-2-6-10-17)19(23)20-12-11-15-7-3-1-4-8-15/h1-10,16H,11-14H2,(H,20,23). The van der Waals surface area contributed by atoms with Gasteiger partial charge in [0.25, 0.3) is 0 Å². The van der Waals surface area contributed by atoms with Crippen LogP contribution in [0.5, 0.6) is 0 Å². The maximum atomic E-state index is 12.3. The van der Waals surface area contributed by atoms with Gasteiger partial charge in [-0.1, -0.05) is 48.5 Å². The number of carbonyl (C=O) groups excluding carboxylic acids is 2. The minimum atomic E-state index is -0.265. The van der Waals surface area contributed by atoms with Gasteiger partial charge in [-0.05, 0) is 24.1 Å². The predicted molar refractivity (Wildman–Crippen MR) is 90.1 cm³/mol. The summed E-state index contributed by atoms with van der Waals surface area (Å²) >= 11 is 0. The minimum absolute atomic E-state index is 0.0133. The van der Waals surface area contributed by atoms with Crippen LogP contribution in [-0.2, 0) is 16.0 Å². The number of benzene rings is 2. The summed E-state index contributed by atoms with van der Waals surface area (Å²) in [5.41, 5.74) is 2.05. The number of para-hydroxylation sites is 1. The Morgan fingerprint density at radius 2 is 1.70 bits per heavy atom.